The van der Waals surface area contributed by atoms with Crippen molar-refractivity contribution in [1.82, 2.24) is 5.32 Å². The van der Waals surface area contributed by atoms with Crippen LogP contribution >= 0.6 is 0 Å². The summed E-state index contributed by atoms with van der Waals surface area (Å²) < 4.78 is 5.35. The second-order valence-corrected chi connectivity index (χ2v) is 5.39. The first-order valence-electron chi connectivity index (χ1n) is 7.26. The average Bonchev–Trinajstić information content (AvgIpc) is 2.90. The molecule has 1 heterocycles. The van der Waals surface area contributed by atoms with E-state index in [0.29, 0.717) is 25.9 Å². The number of amides is 1. The van der Waals surface area contributed by atoms with Gasteiger partial charge in [-0.3, -0.25) is 4.79 Å². The molecule has 5 heteroatoms. The lowest BCUT2D eigenvalue weighted by molar-refractivity contribution is -0.143. The molecule has 1 aliphatic rings. The number of carboxylic acid groups (broad SMARTS) is 1. The Hall–Kier alpha value is -1.88. The highest BCUT2D eigenvalue weighted by atomic mass is 16.5. The summed E-state index contributed by atoms with van der Waals surface area (Å²) in [4.78, 5) is 23.4. The number of ether oxygens (including phenoxy) is 1. The molecule has 1 aliphatic heterocycles. The molecule has 114 valence electrons. The summed E-state index contributed by atoms with van der Waals surface area (Å²) in [5.74, 6) is -1.46. The number of hydrogen-bond acceptors (Lipinski definition) is 3. The minimum atomic E-state index is -0.995. The molecule has 1 aromatic carbocycles. The van der Waals surface area contributed by atoms with Crippen molar-refractivity contribution in [3.05, 3.63) is 35.9 Å². The van der Waals surface area contributed by atoms with E-state index in [9.17, 15) is 14.7 Å². The number of aryl methyl sites for hydroxylation is 1. The van der Waals surface area contributed by atoms with Crippen LogP contribution in [0, 0.1) is 5.92 Å². The zero-order chi connectivity index (χ0) is 15.2. The van der Waals surface area contributed by atoms with Gasteiger partial charge >= 0.3 is 5.97 Å². The van der Waals surface area contributed by atoms with Gasteiger partial charge in [0.05, 0.1) is 12.0 Å². The molecule has 0 aliphatic carbocycles. The molecule has 0 spiro atoms. The molecule has 1 amide bonds. The Bertz CT molecular complexity index is 488. The summed E-state index contributed by atoms with van der Waals surface area (Å²) >= 11 is 0. The second kappa shape index (κ2) is 7.22. The number of nitrogens with one attached hydrogen (secondary N) is 1. The molecule has 3 unspecified atom stereocenters. The lowest BCUT2D eigenvalue weighted by Crippen LogP contribution is -2.45. The monoisotopic (exact) mass is 291 g/mol. The summed E-state index contributed by atoms with van der Waals surface area (Å²) in [6.45, 7) is 2.40. The van der Waals surface area contributed by atoms with E-state index >= 15 is 0 Å². The molecule has 0 radical (unpaired) electrons. The summed E-state index contributed by atoms with van der Waals surface area (Å²) in [5.41, 5.74) is 1.07. The van der Waals surface area contributed by atoms with Crippen LogP contribution in [-0.4, -0.2) is 35.7 Å². The van der Waals surface area contributed by atoms with E-state index in [2.05, 4.69) is 5.32 Å². The van der Waals surface area contributed by atoms with E-state index in [0.717, 1.165) is 5.56 Å². The van der Waals surface area contributed by atoms with Crippen LogP contribution in [0.25, 0.3) is 0 Å². The Kier molecular flexibility index (Phi) is 5.33. The maximum atomic E-state index is 12.1. The zero-order valence-corrected chi connectivity index (χ0v) is 12.1. The van der Waals surface area contributed by atoms with E-state index in [1.54, 1.807) is 0 Å². The molecule has 2 rings (SSSR count). The van der Waals surface area contributed by atoms with Crippen molar-refractivity contribution in [2.45, 2.75) is 38.3 Å². The number of carbonyl (C=O) groups excluding carboxylic acids is 1. The molecule has 0 saturated carbocycles. The fourth-order valence-corrected chi connectivity index (χ4v) is 2.57. The Morgan fingerprint density at radius 3 is 2.67 bits per heavy atom. The van der Waals surface area contributed by atoms with Crippen LogP contribution in [0.4, 0.5) is 0 Å². The van der Waals surface area contributed by atoms with E-state index in [1.165, 1.54) is 0 Å². The van der Waals surface area contributed by atoms with E-state index in [4.69, 9.17) is 4.74 Å². The van der Waals surface area contributed by atoms with Crippen LogP contribution < -0.4 is 5.32 Å². The second-order valence-electron chi connectivity index (χ2n) is 5.39. The molecule has 3 atom stereocenters. The van der Waals surface area contributed by atoms with Gasteiger partial charge in [0.2, 0.25) is 5.91 Å². The summed E-state index contributed by atoms with van der Waals surface area (Å²) in [6, 6.07) is 8.80. The summed E-state index contributed by atoms with van der Waals surface area (Å²) in [6.07, 6.45) is 1.51. The normalized spacial score (nSPS) is 22.7. The van der Waals surface area contributed by atoms with Crippen molar-refractivity contribution in [1.29, 1.82) is 0 Å². The molecule has 1 aromatic rings. The fraction of sp³-hybridized carbons (Fsp3) is 0.500. The smallest absolute Gasteiger partial charge is 0.326 e. The van der Waals surface area contributed by atoms with Gasteiger partial charge in [-0.2, -0.15) is 0 Å². The van der Waals surface area contributed by atoms with Crippen molar-refractivity contribution in [2.75, 3.05) is 6.61 Å². The van der Waals surface area contributed by atoms with Crippen molar-refractivity contribution < 1.29 is 19.4 Å². The molecule has 1 fully saturated rings. The van der Waals surface area contributed by atoms with Gasteiger partial charge < -0.3 is 15.2 Å². The third kappa shape index (κ3) is 4.29. The predicted octanol–water partition coefficient (Wildman–Crippen LogP) is 1.61. The number of rotatable bonds is 6. The van der Waals surface area contributed by atoms with Gasteiger partial charge in [0, 0.05) is 6.61 Å². The average molecular weight is 291 g/mol. The first-order valence-corrected chi connectivity index (χ1v) is 7.26. The van der Waals surface area contributed by atoms with Crippen LogP contribution in [0.3, 0.4) is 0 Å². The first kappa shape index (κ1) is 15.5. The highest BCUT2D eigenvalue weighted by Gasteiger charge is 2.32. The first-order chi connectivity index (χ1) is 10.1. The van der Waals surface area contributed by atoms with E-state index in [-0.39, 0.29) is 17.9 Å². The van der Waals surface area contributed by atoms with Crippen LogP contribution in [0.15, 0.2) is 30.3 Å². The maximum Gasteiger partial charge on any atom is 0.326 e. The minimum Gasteiger partial charge on any atom is -0.480 e. The van der Waals surface area contributed by atoms with Gasteiger partial charge in [0.25, 0.3) is 0 Å². The topological polar surface area (TPSA) is 75.6 Å². The molecule has 0 aromatic heterocycles. The standard InChI is InChI=1S/C16H21NO4/c1-11-13(9-10-21-11)15(18)17-14(16(19)20)8-7-12-5-3-2-4-6-12/h2-6,11,13-14H,7-10H2,1H3,(H,17,18)(H,19,20). The Morgan fingerprint density at radius 1 is 1.38 bits per heavy atom. The highest BCUT2D eigenvalue weighted by Crippen LogP contribution is 2.20. The van der Waals surface area contributed by atoms with Crippen molar-refractivity contribution in [3.8, 4) is 0 Å². The Balaban J connectivity index is 1.90. The van der Waals surface area contributed by atoms with Crippen LogP contribution in [0.2, 0.25) is 0 Å². The SMILES string of the molecule is CC1OCCC1C(=O)NC(CCc1ccccc1)C(=O)O. The third-order valence-corrected chi connectivity index (χ3v) is 3.89. The number of carbonyl (C=O) groups is 2. The molecule has 0 bridgehead atoms. The van der Waals surface area contributed by atoms with Crippen molar-refractivity contribution in [2.24, 2.45) is 5.92 Å². The molecular formula is C16H21NO4. The van der Waals surface area contributed by atoms with E-state index < -0.39 is 12.0 Å². The predicted molar refractivity (Wildman–Crippen MR) is 77.9 cm³/mol. The fourth-order valence-electron chi connectivity index (χ4n) is 2.57. The number of aliphatic carboxylic acids is 1. The highest BCUT2D eigenvalue weighted by molar-refractivity contribution is 5.85. The van der Waals surface area contributed by atoms with E-state index in [1.807, 2.05) is 37.3 Å². The lowest BCUT2D eigenvalue weighted by atomic mass is 10.00. The molecule has 2 N–H and O–H groups in total. The molecule has 5 nitrogen and oxygen atoms in total. The van der Waals surface area contributed by atoms with Crippen molar-refractivity contribution in [3.63, 3.8) is 0 Å². The van der Waals surface area contributed by atoms with Crippen LogP contribution in [-0.2, 0) is 20.7 Å². The summed E-state index contributed by atoms with van der Waals surface area (Å²) in [7, 11) is 0. The van der Waals surface area contributed by atoms with Gasteiger partial charge in [-0.1, -0.05) is 30.3 Å². The molecular weight excluding hydrogens is 270 g/mol. The Labute approximate surface area is 124 Å². The van der Waals surface area contributed by atoms with Gasteiger partial charge in [-0.15, -0.1) is 0 Å². The number of benzene rings is 1. The number of carboxylic acids is 1. The summed E-state index contributed by atoms with van der Waals surface area (Å²) in [5, 5.41) is 11.9. The Morgan fingerprint density at radius 2 is 2.10 bits per heavy atom. The van der Waals surface area contributed by atoms with Gasteiger partial charge in [-0.05, 0) is 31.7 Å². The lowest BCUT2D eigenvalue weighted by Gasteiger charge is -2.19. The third-order valence-electron chi connectivity index (χ3n) is 3.89. The van der Waals surface area contributed by atoms with Crippen LogP contribution in [0.5, 0.6) is 0 Å². The minimum absolute atomic E-state index is 0.145. The largest absolute Gasteiger partial charge is 0.480 e. The number of hydrogen-bond donors (Lipinski definition) is 2. The van der Waals surface area contributed by atoms with Crippen molar-refractivity contribution >= 4 is 11.9 Å². The molecule has 1 saturated heterocycles. The molecule has 21 heavy (non-hydrogen) atoms. The van der Waals surface area contributed by atoms with Gasteiger partial charge in [0.15, 0.2) is 0 Å². The van der Waals surface area contributed by atoms with Crippen LogP contribution in [0.1, 0.15) is 25.3 Å². The zero-order valence-electron chi connectivity index (χ0n) is 12.1. The van der Waals surface area contributed by atoms with Gasteiger partial charge in [0.1, 0.15) is 6.04 Å². The van der Waals surface area contributed by atoms with Gasteiger partial charge in [-0.25, -0.2) is 4.79 Å². The maximum absolute atomic E-state index is 12.1. The quantitative estimate of drug-likeness (QED) is 0.835.